The highest BCUT2D eigenvalue weighted by Crippen LogP contribution is 2.34. The zero-order chi connectivity index (χ0) is 23.2. The first-order valence-electron chi connectivity index (χ1n) is 9.77. The van der Waals surface area contributed by atoms with Crippen molar-refractivity contribution in [3.8, 4) is 28.0 Å². The van der Waals surface area contributed by atoms with Crippen molar-refractivity contribution in [2.45, 2.75) is 6.61 Å². The Balaban J connectivity index is 1.53. The molecule has 0 aliphatic rings. The maximum Gasteiger partial charge on any atom is 0.296 e. The first-order chi connectivity index (χ1) is 16.1. The molecule has 2 aromatic carbocycles. The SMILES string of the molecule is COc1cc(C(=O)Nc2nnc(OCc3ccc(Cl)cc3)s2)c(-c2ccccc2OC)cn1. The Labute approximate surface area is 199 Å². The van der Waals surface area contributed by atoms with Gasteiger partial charge in [0, 0.05) is 28.4 Å². The van der Waals surface area contributed by atoms with E-state index in [0.29, 0.717) is 44.7 Å². The monoisotopic (exact) mass is 482 g/mol. The van der Waals surface area contributed by atoms with Crippen LogP contribution in [0, 0.1) is 0 Å². The summed E-state index contributed by atoms with van der Waals surface area (Å²) in [5, 5.41) is 12.0. The van der Waals surface area contributed by atoms with E-state index in [4.69, 9.17) is 25.8 Å². The summed E-state index contributed by atoms with van der Waals surface area (Å²) in [7, 11) is 3.06. The molecular weight excluding hydrogens is 464 g/mol. The van der Waals surface area contributed by atoms with Crippen molar-refractivity contribution in [3.05, 3.63) is 76.9 Å². The van der Waals surface area contributed by atoms with Gasteiger partial charge in [0.1, 0.15) is 12.4 Å². The molecule has 8 nitrogen and oxygen atoms in total. The Kier molecular flexibility index (Phi) is 7.01. The van der Waals surface area contributed by atoms with Crippen LogP contribution >= 0.6 is 22.9 Å². The van der Waals surface area contributed by atoms with Gasteiger partial charge in [0.25, 0.3) is 11.1 Å². The number of ether oxygens (including phenoxy) is 3. The van der Waals surface area contributed by atoms with E-state index in [1.807, 2.05) is 36.4 Å². The Morgan fingerprint density at radius 1 is 1.03 bits per heavy atom. The van der Waals surface area contributed by atoms with Crippen LogP contribution in [0.25, 0.3) is 11.1 Å². The number of carbonyl (C=O) groups is 1. The van der Waals surface area contributed by atoms with Gasteiger partial charge in [-0.15, -0.1) is 5.10 Å². The lowest BCUT2D eigenvalue weighted by molar-refractivity contribution is 0.102. The first kappa shape index (κ1) is 22.5. The van der Waals surface area contributed by atoms with Crippen LogP contribution < -0.4 is 19.5 Å². The minimum atomic E-state index is -0.392. The highest BCUT2D eigenvalue weighted by Gasteiger charge is 2.19. The molecule has 1 N–H and O–H groups in total. The van der Waals surface area contributed by atoms with Crippen molar-refractivity contribution < 1.29 is 19.0 Å². The predicted octanol–water partition coefficient (Wildman–Crippen LogP) is 5.10. The second kappa shape index (κ2) is 10.3. The zero-order valence-corrected chi connectivity index (χ0v) is 19.3. The van der Waals surface area contributed by atoms with E-state index in [0.717, 1.165) is 22.5 Å². The molecule has 0 atom stereocenters. The molecule has 1 amide bonds. The molecule has 33 heavy (non-hydrogen) atoms. The van der Waals surface area contributed by atoms with Gasteiger partial charge in [-0.1, -0.05) is 47.0 Å². The predicted molar refractivity (Wildman–Crippen MR) is 126 cm³/mol. The number of nitrogens with zero attached hydrogens (tertiary/aromatic N) is 3. The second-order valence-electron chi connectivity index (χ2n) is 6.71. The van der Waals surface area contributed by atoms with Gasteiger partial charge in [-0.05, 0) is 35.1 Å². The smallest absolute Gasteiger partial charge is 0.296 e. The molecule has 0 radical (unpaired) electrons. The fourth-order valence-electron chi connectivity index (χ4n) is 3.03. The molecule has 0 fully saturated rings. The van der Waals surface area contributed by atoms with Gasteiger partial charge in [0.05, 0.1) is 19.8 Å². The van der Waals surface area contributed by atoms with Crippen molar-refractivity contribution in [2.75, 3.05) is 19.5 Å². The largest absolute Gasteiger partial charge is 0.496 e. The highest BCUT2D eigenvalue weighted by molar-refractivity contribution is 7.17. The minimum absolute atomic E-state index is 0.299. The van der Waals surface area contributed by atoms with Gasteiger partial charge in [0.15, 0.2) is 0 Å². The van der Waals surface area contributed by atoms with Crippen LogP contribution in [0.1, 0.15) is 15.9 Å². The fraction of sp³-hybridized carbons (Fsp3) is 0.130. The first-order valence-corrected chi connectivity index (χ1v) is 11.0. The molecule has 10 heteroatoms. The Morgan fingerprint density at radius 2 is 1.82 bits per heavy atom. The van der Waals surface area contributed by atoms with E-state index in [-0.39, 0.29) is 0 Å². The molecule has 4 rings (SSSR count). The molecule has 168 valence electrons. The molecular formula is C23H19ClN4O4S. The molecule has 0 saturated heterocycles. The average Bonchev–Trinajstić information content (AvgIpc) is 3.30. The summed E-state index contributed by atoms with van der Waals surface area (Å²) in [5.41, 5.74) is 2.61. The number of benzene rings is 2. The number of methoxy groups -OCH3 is 2. The zero-order valence-electron chi connectivity index (χ0n) is 17.7. The molecule has 0 aliphatic carbocycles. The van der Waals surface area contributed by atoms with Crippen LogP contribution in [0.15, 0.2) is 60.8 Å². The summed E-state index contributed by atoms with van der Waals surface area (Å²) in [5.74, 6) is 0.535. The van der Waals surface area contributed by atoms with Crippen LogP contribution in [-0.2, 0) is 6.61 Å². The van der Waals surface area contributed by atoms with Crippen LogP contribution in [0.5, 0.6) is 16.8 Å². The maximum absolute atomic E-state index is 13.1. The third-order valence-corrected chi connectivity index (χ3v) is 5.64. The number of hydrogen-bond donors (Lipinski definition) is 1. The molecule has 0 unspecified atom stereocenters. The number of rotatable bonds is 8. The number of aromatic nitrogens is 3. The Morgan fingerprint density at radius 3 is 2.58 bits per heavy atom. The molecule has 0 bridgehead atoms. The van der Waals surface area contributed by atoms with Crippen molar-refractivity contribution in [3.63, 3.8) is 0 Å². The lowest BCUT2D eigenvalue weighted by Crippen LogP contribution is -2.14. The number of halogens is 1. The quantitative estimate of drug-likeness (QED) is 0.373. The van der Waals surface area contributed by atoms with E-state index in [9.17, 15) is 4.79 Å². The topological polar surface area (TPSA) is 95.5 Å². The summed E-state index contributed by atoms with van der Waals surface area (Å²) in [6.45, 7) is 0.305. The van der Waals surface area contributed by atoms with Gasteiger partial charge in [-0.3, -0.25) is 10.1 Å². The Hall–Kier alpha value is -3.69. The number of hydrogen-bond acceptors (Lipinski definition) is 8. The number of amides is 1. The normalized spacial score (nSPS) is 10.5. The van der Waals surface area contributed by atoms with Gasteiger partial charge in [-0.25, -0.2) is 4.98 Å². The van der Waals surface area contributed by atoms with Crippen molar-refractivity contribution in [2.24, 2.45) is 0 Å². The number of anilines is 1. The summed E-state index contributed by atoms with van der Waals surface area (Å²) < 4.78 is 16.3. The van der Waals surface area contributed by atoms with E-state index >= 15 is 0 Å². The molecule has 0 saturated carbocycles. The van der Waals surface area contributed by atoms with Crippen molar-refractivity contribution in [1.29, 1.82) is 0 Å². The summed E-state index contributed by atoms with van der Waals surface area (Å²) in [6.07, 6.45) is 1.58. The van der Waals surface area contributed by atoms with Crippen LogP contribution in [0.3, 0.4) is 0 Å². The molecule has 0 aliphatic heterocycles. The van der Waals surface area contributed by atoms with Gasteiger partial charge in [-0.2, -0.15) is 0 Å². The maximum atomic E-state index is 13.1. The average molecular weight is 483 g/mol. The standard InChI is InChI=1S/C23H19ClN4O4S/c1-30-19-6-4-3-5-16(19)18-12-25-20(31-2)11-17(18)21(29)26-22-27-28-23(33-22)32-13-14-7-9-15(24)10-8-14/h3-12H,13H2,1-2H3,(H,26,27,29). The molecule has 2 heterocycles. The van der Waals surface area contributed by atoms with Crippen LogP contribution in [0.2, 0.25) is 5.02 Å². The third-order valence-electron chi connectivity index (χ3n) is 4.63. The van der Waals surface area contributed by atoms with E-state index in [1.165, 1.54) is 7.11 Å². The Bertz CT molecular complexity index is 1260. The fourth-order valence-corrected chi connectivity index (χ4v) is 3.74. The van der Waals surface area contributed by atoms with E-state index in [2.05, 4.69) is 20.5 Å². The molecule has 0 spiro atoms. The number of pyridine rings is 1. The van der Waals surface area contributed by atoms with Crippen molar-refractivity contribution in [1.82, 2.24) is 15.2 Å². The van der Waals surface area contributed by atoms with Gasteiger partial charge in [0.2, 0.25) is 11.0 Å². The van der Waals surface area contributed by atoms with Crippen LogP contribution in [0.4, 0.5) is 5.13 Å². The van der Waals surface area contributed by atoms with Crippen LogP contribution in [-0.4, -0.2) is 35.3 Å². The molecule has 2 aromatic heterocycles. The minimum Gasteiger partial charge on any atom is -0.496 e. The summed E-state index contributed by atoms with van der Waals surface area (Å²) in [4.78, 5) is 17.4. The lowest BCUT2D eigenvalue weighted by atomic mass is 10.0. The van der Waals surface area contributed by atoms with Gasteiger partial charge >= 0.3 is 0 Å². The summed E-state index contributed by atoms with van der Waals surface area (Å²) in [6, 6.07) is 16.2. The third kappa shape index (κ3) is 5.39. The number of carbonyl (C=O) groups excluding carboxylic acids is 1. The van der Waals surface area contributed by atoms with Crippen molar-refractivity contribution >= 4 is 34.0 Å². The number of nitrogens with one attached hydrogen (secondary N) is 1. The highest BCUT2D eigenvalue weighted by atomic mass is 35.5. The van der Waals surface area contributed by atoms with E-state index < -0.39 is 5.91 Å². The number of para-hydroxylation sites is 1. The molecule has 4 aromatic rings. The van der Waals surface area contributed by atoms with E-state index in [1.54, 1.807) is 31.5 Å². The second-order valence-corrected chi connectivity index (χ2v) is 8.09. The van der Waals surface area contributed by atoms with Gasteiger partial charge < -0.3 is 14.2 Å². The summed E-state index contributed by atoms with van der Waals surface area (Å²) >= 11 is 7.02. The lowest BCUT2D eigenvalue weighted by Gasteiger charge is -2.13.